The highest BCUT2D eigenvalue weighted by atomic mass is 32.2. The number of hydrogen-bond acceptors (Lipinski definition) is 7. The van der Waals surface area contributed by atoms with Crippen LogP contribution in [0.1, 0.15) is 0 Å². The lowest BCUT2D eigenvalue weighted by Gasteiger charge is -2.07. The number of nitro groups is 1. The van der Waals surface area contributed by atoms with Crippen LogP contribution in [0.2, 0.25) is 0 Å². The molecule has 0 aliphatic rings. The standard InChI is InChI=1S/C9H12N2O5S/c1-16-8-3-2-7(11(14)15)9(10-8)17-5-6(13)4-12/h2-3,6,12-13H,4-5H2,1H3. The van der Waals surface area contributed by atoms with Gasteiger partial charge in [0, 0.05) is 17.9 Å². The summed E-state index contributed by atoms with van der Waals surface area (Å²) >= 11 is 0.995. The molecule has 7 nitrogen and oxygen atoms in total. The molecule has 17 heavy (non-hydrogen) atoms. The number of aliphatic hydroxyl groups is 2. The van der Waals surface area contributed by atoms with E-state index in [0.29, 0.717) is 0 Å². The maximum absolute atomic E-state index is 10.7. The fraction of sp³-hybridized carbons (Fsp3) is 0.444. The molecule has 1 rings (SSSR count). The normalized spacial score (nSPS) is 12.2. The largest absolute Gasteiger partial charge is 0.481 e. The van der Waals surface area contributed by atoms with E-state index in [4.69, 9.17) is 9.84 Å². The third kappa shape index (κ3) is 3.84. The summed E-state index contributed by atoms with van der Waals surface area (Å²) < 4.78 is 4.86. The first-order valence-electron chi connectivity index (χ1n) is 4.69. The predicted octanol–water partition coefficient (Wildman–Crippen LogP) is 0.444. The Morgan fingerprint density at radius 2 is 2.35 bits per heavy atom. The molecule has 8 heteroatoms. The molecular weight excluding hydrogens is 248 g/mol. The van der Waals surface area contributed by atoms with Gasteiger partial charge in [-0.1, -0.05) is 11.8 Å². The first kappa shape index (κ1) is 13.7. The van der Waals surface area contributed by atoms with E-state index in [-0.39, 0.29) is 22.3 Å². The Morgan fingerprint density at radius 3 is 2.88 bits per heavy atom. The fourth-order valence-electron chi connectivity index (χ4n) is 1.00. The summed E-state index contributed by atoms with van der Waals surface area (Å²) in [5.74, 6) is 0.383. The van der Waals surface area contributed by atoms with Gasteiger partial charge in [-0.3, -0.25) is 10.1 Å². The number of thioether (sulfide) groups is 1. The van der Waals surface area contributed by atoms with Crippen LogP contribution in [-0.2, 0) is 0 Å². The molecule has 1 aromatic rings. The summed E-state index contributed by atoms with van der Waals surface area (Å²) in [6.45, 7) is -0.398. The van der Waals surface area contributed by atoms with Crippen molar-refractivity contribution in [2.45, 2.75) is 11.1 Å². The van der Waals surface area contributed by atoms with E-state index in [2.05, 4.69) is 4.98 Å². The van der Waals surface area contributed by atoms with Crippen molar-refractivity contribution in [2.24, 2.45) is 0 Å². The zero-order valence-electron chi connectivity index (χ0n) is 9.07. The van der Waals surface area contributed by atoms with Gasteiger partial charge in [0.2, 0.25) is 5.88 Å². The quantitative estimate of drug-likeness (QED) is 0.434. The van der Waals surface area contributed by atoms with Crippen molar-refractivity contribution in [3.05, 3.63) is 22.2 Å². The third-order valence-corrected chi connectivity index (χ3v) is 2.97. The molecule has 0 aromatic carbocycles. The second-order valence-electron chi connectivity index (χ2n) is 3.08. The molecule has 0 aliphatic carbocycles. The van der Waals surface area contributed by atoms with E-state index in [1.54, 1.807) is 0 Å². The smallest absolute Gasteiger partial charge is 0.301 e. The molecule has 0 bridgehead atoms. The van der Waals surface area contributed by atoms with Gasteiger partial charge in [0.05, 0.1) is 24.7 Å². The predicted molar refractivity (Wildman–Crippen MR) is 61.3 cm³/mol. The topological polar surface area (TPSA) is 106 Å². The maximum atomic E-state index is 10.7. The molecule has 1 aromatic heterocycles. The minimum absolute atomic E-state index is 0.123. The van der Waals surface area contributed by atoms with Gasteiger partial charge in [-0.2, -0.15) is 4.98 Å². The Labute approximate surface area is 102 Å². The Morgan fingerprint density at radius 1 is 1.65 bits per heavy atom. The first-order chi connectivity index (χ1) is 8.08. The molecule has 0 saturated heterocycles. The number of aliphatic hydroxyl groups excluding tert-OH is 2. The van der Waals surface area contributed by atoms with Crippen LogP contribution in [0.5, 0.6) is 5.88 Å². The molecule has 0 fully saturated rings. The first-order valence-corrected chi connectivity index (χ1v) is 5.68. The van der Waals surface area contributed by atoms with Crippen molar-refractivity contribution >= 4 is 17.4 Å². The highest BCUT2D eigenvalue weighted by Crippen LogP contribution is 2.29. The zero-order valence-corrected chi connectivity index (χ0v) is 9.88. The number of rotatable bonds is 6. The number of pyridine rings is 1. The Balaban J connectivity index is 2.89. The number of aromatic nitrogens is 1. The average Bonchev–Trinajstić information content (AvgIpc) is 2.35. The molecule has 2 N–H and O–H groups in total. The highest BCUT2D eigenvalue weighted by Gasteiger charge is 2.18. The SMILES string of the molecule is COc1ccc([N+](=O)[O-])c(SCC(O)CO)n1. The molecule has 0 radical (unpaired) electrons. The van der Waals surface area contributed by atoms with Crippen molar-refractivity contribution in [1.29, 1.82) is 0 Å². The molecule has 94 valence electrons. The minimum atomic E-state index is -0.937. The molecule has 1 atom stereocenters. The van der Waals surface area contributed by atoms with Gasteiger partial charge in [0.15, 0.2) is 5.03 Å². The van der Waals surface area contributed by atoms with Crippen LogP contribution in [0.3, 0.4) is 0 Å². The van der Waals surface area contributed by atoms with E-state index >= 15 is 0 Å². The van der Waals surface area contributed by atoms with E-state index in [1.807, 2.05) is 0 Å². The maximum Gasteiger partial charge on any atom is 0.301 e. The summed E-state index contributed by atoms with van der Waals surface area (Å²) in [6.07, 6.45) is -0.937. The van der Waals surface area contributed by atoms with E-state index in [1.165, 1.54) is 19.2 Å². The second-order valence-corrected chi connectivity index (χ2v) is 4.09. The second kappa shape index (κ2) is 6.38. The lowest BCUT2D eigenvalue weighted by molar-refractivity contribution is -0.388. The summed E-state index contributed by atoms with van der Waals surface area (Å²) in [5, 5.41) is 28.7. The molecule has 1 heterocycles. The fourth-order valence-corrected chi connectivity index (χ4v) is 1.90. The van der Waals surface area contributed by atoms with Gasteiger partial charge in [0.1, 0.15) is 0 Å². The molecule has 0 amide bonds. The van der Waals surface area contributed by atoms with Crippen molar-refractivity contribution in [2.75, 3.05) is 19.5 Å². The van der Waals surface area contributed by atoms with Crippen molar-refractivity contribution in [3.63, 3.8) is 0 Å². The van der Waals surface area contributed by atoms with E-state index in [0.717, 1.165) is 11.8 Å². The van der Waals surface area contributed by atoms with Crippen molar-refractivity contribution < 1.29 is 19.9 Å². The summed E-state index contributed by atoms with van der Waals surface area (Å²) in [5.41, 5.74) is -0.152. The van der Waals surface area contributed by atoms with Crippen LogP contribution >= 0.6 is 11.8 Å². The van der Waals surface area contributed by atoms with Crippen LogP contribution in [0, 0.1) is 10.1 Å². The lowest BCUT2D eigenvalue weighted by Crippen LogP contribution is -2.14. The average molecular weight is 260 g/mol. The number of methoxy groups -OCH3 is 1. The van der Waals surface area contributed by atoms with Crippen LogP contribution in [0.4, 0.5) is 5.69 Å². The monoisotopic (exact) mass is 260 g/mol. The molecule has 0 spiro atoms. The molecule has 0 saturated carbocycles. The molecule has 1 unspecified atom stereocenters. The van der Waals surface area contributed by atoms with E-state index in [9.17, 15) is 15.2 Å². The Hall–Kier alpha value is -1.38. The Bertz CT molecular complexity index is 401. The van der Waals surface area contributed by atoms with Gasteiger partial charge < -0.3 is 14.9 Å². The highest BCUT2D eigenvalue weighted by molar-refractivity contribution is 7.99. The van der Waals surface area contributed by atoms with Gasteiger partial charge in [-0.25, -0.2) is 0 Å². The zero-order chi connectivity index (χ0) is 12.8. The van der Waals surface area contributed by atoms with Crippen LogP contribution < -0.4 is 4.74 Å². The van der Waals surface area contributed by atoms with Crippen molar-refractivity contribution in [1.82, 2.24) is 4.98 Å². The number of ether oxygens (including phenoxy) is 1. The summed E-state index contributed by atoms with van der Waals surface area (Å²) in [6, 6.07) is 2.68. The van der Waals surface area contributed by atoms with Gasteiger partial charge >= 0.3 is 5.69 Å². The molecule has 0 aliphatic heterocycles. The van der Waals surface area contributed by atoms with Crippen LogP contribution in [0.25, 0.3) is 0 Å². The Kier molecular flexibility index (Phi) is 5.13. The summed E-state index contributed by atoms with van der Waals surface area (Å²) in [7, 11) is 1.41. The number of hydrogen-bond donors (Lipinski definition) is 2. The molecular formula is C9H12N2O5S. The van der Waals surface area contributed by atoms with Crippen LogP contribution in [0.15, 0.2) is 17.2 Å². The third-order valence-electron chi connectivity index (χ3n) is 1.84. The van der Waals surface area contributed by atoms with E-state index < -0.39 is 17.6 Å². The van der Waals surface area contributed by atoms with Gasteiger partial charge in [-0.05, 0) is 0 Å². The van der Waals surface area contributed by atoms with Crippen LogP contribution in [-0.4, -0.2) is 45.7 Å². The number of nitrogens with zero attached hydrogens (tertiary/aromatic N) is 2. The minimum Gasteiger partial charge on any atom is -0.481 e. The van der Waals surface area contributed by atoms with Gasteiger partial charge in [0.25, 0.3) is 0 Å². The lowest BCUT2D eigenvalue weighted by atomic mass is 10.4. The van der Waals surface area contributed by atoms with Crippen molar-refractivity contribution in [3.8, 4) is 5.88 Å². The van der Waals surface area contributed by atoms with Gasteiger partial charge in [-0.15, -0.1) is 0 Å². The summed E-state index contributed by atoms with van der Waals surface area (Å²) in [4.78, 5) is 14.1.